The number of likely N-dealkylation sites (N-methyl/N-ethyl adjacent to an activating group) is 1. The molecule has 1 spiro atoms. The zero-order valence-electron chi connectivity index (χ0n) is 25.8. The molecule has 13 heteroatoms. The molecule has 1 aromatic carbocycles. The van der Waals surface area contributed by atoms with Crippen molar-refractivity contribution in [1.82, 2.24) is 10.2 Å². The summed E-state index contributed by atoms with van der Waals surface area (Å²) in [7, 11) is 1.98. The Hall–Kier alpha value is -3.84. The Morgan fingerprint density at radius 3 is 2.59 bits per heavy atom. The lowest BCUT2D eigenvalue weighted by Crippen LogP contribution is -2.74. The molecule has 2 bridgehead atoms. The van der Waals surface area contributed by atoms with Gasteiger partial charge in [0, 0.05) is 24.6 Å². The molecule has 0 radical (unpaired) electrons. The number of carbonyl (C=O) groups is 4. The molecule has 1 amide bonds. The monoisotopic (exact) mass is 616 g/mol. The summed E-state index contributed by atoms with van der Waals surface area (Å²) in [5, 5.41) is 25.3. The average Bonchev–Trinajstić information content (AvgIpc) is 3.28. The zero-order chi connectivity index (χ0) is 32.2. The van der Waals surface area contributed by atoms with Crippen LogP contribution in [-0.4, -0.2) is 94.8 Å². The van der Waals surface area contributed by atoms with Crippen LogP contribution < -0.4 is 10.1 Å². The fourth-order valence-corrected chi connectivity index (χ4v) is 6.84. The number of ether oxygens (including phenoxy) is 5. The third-order valence-electron chi connectivity index (χ3n) is 8.87. The maximum absolute atomic E-state index is 13.1. The van der Waals surface area contributed by atoms with Crippen molar-refractivity contribution in [2.75, 3.05) is 20.1 Å². The van der Waals surface area contributed by atoms with E-state index in [0.717, 1.165) is 11.1 Å². The molecule has 44 heavy (non-hydrogen) atoms. The third-order valence-corrected chi connectivity index (χ3v) is 8.87. The molecule has 2 heterocycles. The highest BCUT2D eigenvalue weighted by atomic mass is 16.7. The van der Waals surface area contributed by atoms with Gasteiger partial charge >= 0.3 is 18.1 Å². The standard InChI is InChI=1S/C31H40N2O11/c1-16(41-28(38)44-29(3,4)5)26(36)32-13-10-22(35)40-17(2)27(37)42-20-9-11-31(39)21-15-18-7-8-19(34)24-23(18)30(31,25(20)43-24)12-14-33(21)6/h7-9,16-17,21,25,34,39H,10-15H2,1-6H3,(H,32,36)/t16-,17?,21+,25-,30-,31+/m0/s1. The fraction of sp³-hybridized carbons (Fsp3) is 0.613. The number of aliphatic hydroxyl groups is 1. The quantitative estimate of drug-likeness (QED) is 0.287. The minimum absolute atomic E-state index is 0.0434. The van der Waals surface area contributed by atoms with Gasteiger partial charge in [-0.2, -0.15) is 0 Å². The van der Waals surface area contributed by atoms with Gasteiger partial charge in [0.05, 0.1) is 17.4 Å². The number of hydrogen-bond donors (Lipinski definition) is 3. The number of esters is 2. The number of likely N-dealkylation sites (tertiary alicyclic amines) is 1. The number of piperidine rings is 1. The van der Waals surface area contributed by atoms with Gasteiger partial charge in [-0.1, -0.05) is 6.07 Å². The number of nitrogens with zero attached hydrogens (tertiary/aromatic N) is 1. The van der Waals surface area contributed by atoms with Crippen LogP contribution in [0.3, 0.4) is 0 Å². The van der Waals surface area contributed by atoms with Crippen molar-refractivity contribution < 1.29 is 53.1 Å². The average molecular weight is 617 g/mol. The maximum Gasteiger partial charge on any atom is 0.509 e. The number of aromatic hydroxyl groups is 1. The number of amides is 1. The van der Waals surface area contributed by atoms with Crippen molar-refractivity contribution >= 4 is 24.0 Å². The summed E-state index contributed by atoms with van der Waals surface area (Å²) < 4.78 is 27.2. The van der Waals surface area contributed by atoms with Gasteiger partial charge in [0.25, 0.3) is 5.91 Å². The number of benzene rings is 1. The van der Waals surface area contributed by atoms with Gasteiger partial charge in [-0.25, -0.2) is 9.59 Å². The molecule has 13 nitrogen and oxygen atoms in total. The van der Waals surface area contributed by atoms with Crippen molar-refractivity contribution in [3.8, 4) is 11.5 Å². The molecule has 0 saturated carbocycles. The molecule has 5 rings (SSSR count). The highest BCUT2D eigenvalue weighted by Gasteiger charge is 2.72. The molecule has 3 N–H and O–H groups in total. The second kappa shape index (κ2) is 11.3. The van der Waals surface area contributed by atoms with Crippen LogP contribution in [0.2, 0.25) is 0 Å². The van der Waals surface area contributed by atoms with E-state index >= 15 is 0 Å². The van der Waals surface area contributed by atoms with E-state index in [0.29, 0.717) is 25.1 Å². The van der Waals surface area contributed by atoms with Gasteiger partial charge < -0.3 is 44.1 Å². The molecule has 4 aliphatic rings. The minimum atomic E-state index is -1.28. The largest absolute Gasteiger partial charge is 0.509 e. The van der Waals surface area contributed by atoms with Crippen molar-refractivity contribution in [3.63, 3.8) is 0 Å². The van der Waals surface area contributed by atoms with Crippen LogP contribution in [0.1, 0.15) is 65.0 Å². The van der Waals surface area contributed by atoms with Crippen LogP contribution in [0.5, 0.6) is 11.5 Å². The molecule has 240 valence electrons. The number of phenolic OH excluding ortho intramolecular Hbond substituents is 1. The number of hydrogen-bond acceptors (Lipinski definition) is 12. The summed E-state index contributed by atoms with van der Waals surface area (Å²) in [6.45, 7) is 8.28. The summed E-state index contributed by atoms with van der Waals surface area (Å²) in [6, 6.07) is 3.25. The molecule has 0 aromatic heterocycles. The van der Waals surface area contributed by atoms with E-state index in [9.17, 15) is 29.4 Å². The van der Waals surface area contributed by atoms with Crippen LogP contribution in [0, 0.1) is 0 Å². The molecule has 2 aliphatic heterocycles. The lowest BCUT2D eigenvalue weighted by molar-refractivity contribution is -0.175. The van der Waals surface area contributed by atoms with E-state index in [4.69, 9.17) is 23.7 Å². The topological polar surface area (TPSA) is 170 Å². The van der Waals surface area contributed by atoms with Gasteiger partial charge in [0.15, 0.2) is 29.8 Å². The predicted octanol–water partition coefficient (Wildman–Crippen LogP) is 1.99. The van der Waals surface area contributed by atoms with Crippen molar-refractivity contribution in [2.45, 2.75) is 101 Å². The van der Waals surface area contributed by atoms with Gasteiger partial charge in [-0.05, 0) is 78.8 Å². The first kappa shape index (κ1) is 31.6. The van der Waals surface area contributed by atoms with Crippen LogP contribution in [-0.2, 0) is 45.2 Å². The second-order valence-electron chi connectivity index (χ2n) is 12.9. The summed E-state index contributed by atoms with van der Waals surface area (Å²) in [5.41, 5.74) is -1.15. The van der Waals surface area contributed by atoms with E-state index in [1.807, 2.05) is 13.1 Å². The number of phenols is 1. The molecule has 1 aromatic rings. The van der Waals surface area contributed by atoms with Crippen LogP contribution in [0.25, 0.3) is 0 Å². The number of carbonyl (C=O) groups excluding carboxylic acids is 4. The second-order valence-corrected chi connectivity index (χ2v) is 12.9. The third kappa shape index (κ3) is 5.36. The Morgan fingerprint density at radius 1 is 1.16 bits per heavy atom. The van der Waals surface area contributed by atoms with Gasteiger partial charge in [-0.3, -0.25) is 9.59 Å². The maximum atomic E-state index is 13.1. The van der Waals surface area contributed by atoms with E-state index in [-0.39, 0.29) is 36.9 Å². The van der Waals surface area contributed by atoms with Crippen molar-refractivity contribution in [3.05, 3.63) is 35.1 Å². The predicted molar refractivity (Wildman–Crippen MR) is 153 cm³/mol. The fourth-order valence-electron chi connectivity index (χ4n) is 6.84. The van der Waals surface area contributed by atoms with Crippen molar-refractivity contribution in [2.24, 2.45) is 0 Å². The lowest BCUT2D eigenvalue weighted by Gasteiger charge is -2.61. The Morgan fingerprint density at radius 2 is 1.89 bits per heavy atom. The summed E-state index contributed by atoms with van der Waals surface area (Å²) in [6.07, 6.45) is -1.55. The minimum Gasteiger partial charge on any atom is -0.504 e. The van der Waals surface area contributed by atoms with Crippen LogP contribution >= 0.6 is 0 Å². The van der Waals surface area contributed by atoms with Gasteiger partial charge in [0.1, 0.15) is 11.4 Å². The zero-order valence-corrected chi connectivity index (χ0v) is 25.8. The van der Waals surface area contributed by atoms with E-state index in [1.165, 1.54) is 13.8 Å². The summed E-state index contributed by atoms with van der Waals surface area (Å²) in [4.78, 5) is 51.6. The molecule has 1 unspecified atom stereocenters. The Kier molecular flexibility index (Phi) is 8.08. The van der Waals surface area contributed by atoms with Gasteiger partial charge in [-0.15, -0.1) is 0 Å². The summed E-state index contributed by atoms with van der Waals surface area (Å²) in [5.74, 6) is -1.78. The molecule has 1 fully saturated rings. The molecular formula is C31H40N2O11. The highest BCUT2D eigenvalue weighted by molar-refractivity contribution is 5.83. The van der Waals surface area contributed by atoms with E-state index in [1.54, 1.807) is 32.9 Å². The van der Waals surface area contributed by atoms with Gasteiger partial charge in [0.2, 0.25) is 0 Å². The van der Waals surface area contributed by atoms with Crippen LogP contribution in [0.4, 0.5) is 4.79 Å². The molecule has 2 aliphatic carbocycles. The van der Waals surface area contributed by atoms with E-state index < -0.39 is 58.9 Å². The lowest BCUT2D eigenvalue weighted by atomic mass is 9.50. The SMILES string of the molecule is CC(OC(=O)CCNC(=O)[C@H](C)OC(=O)OC(C)(C)C)C(=O)OC1=CC[C@@]2(O)[C@H]3Cc4ccc(O)c5c4[C@@]2(CCN3C)[C@H]1O5. The molecule has 6 atom stereocenters. The van der Waals surface area contributed by atoms with E-state index in [2.05, 4.69) is 10.2 Å². The van der Waals surface area contributed by atoms with Crippen LogP contribution in [0.15, 0.2) is 24.0 Å². The first-order valence-corrected chi connectivity index (χ1v) is 14.8. The molecule has 1 saturated heterocycles. The Bertz CT molecular complexity index is 1400. The Labute approximate surface area is 255 Å². The Balaban J connectivity index is 1.18. The molecular weight excluding hydrogens is 576 g/mol. The highest BCUT2D eigenvalue weighted by Crippen LogP contribution is 2.65. The number of rotatable bonds is 8. The summed E-state index contributed by atoms with van der Waals surface area (Å²) >= 11 is 0. The normalized spacial score (nSPS) is 27.9. The smallest absolute Gasteiger partial charge is 0.504 e. The number of nitrogens with one attached hydrogen (secondary N) is 1. The first-order valence-electron chi connectivity index (χ1n) is 14.8. The van der Waals surface area contributed by atoms with Crippen molar-refractivity contribution in [1.29, 1.82) is 0 Å². The first-order chi connectivity index (χ1) is 20.6.